The Kier molecular flexibility index (Phi) is 9.30. The number of ether oxygens (including phenoxy) is 1. The van der Waals surface area contributed by atoms with Crippen LogP contribution in [0.3, 0.4) is 0 Å². The first-order chi connectivity index (χ1) is 6.99. The van der Waals surface area contributed by atoms with Crippen LogP contribution >= 0.6 is 0 Å². The minimum absolute atomic E-state index is 0. The standard InChI is InChI=1S/C10H19NO2.C2H6.CH4/c1-10(2,3)13-9(12)11-7-5-4-6-8-11;1-2;/h4-8H2,1-3H3;1-2H3;1H4. The van der Waals surface area contributed by atoms with Gasteiger partial charge in [0.25, 0.3) is 0 Å². The van der Waals surface area contributed by atoms with Gasteiger partial charge in [0.2, 0.25) is 0 Å². The van der Waals surface area contributed by atoms with Gasteiger partial charge in [-0.05, 0) is 40.0 Å². The molecule has 0 aromatic carbocycles. The fraction of sp³-hybridized carbons (Fsp3) is 0.923. The number of amides is 1. The number of piperidine rings is 1. The lowest BCUT2D eigenvalue weighted by Gasteiger charge is -2.29. The van der Waals surface area contributed by atoms with Gasteiger partial charge in [-0.25, -0.2) is 4.79 Å². The van der Waals surface area contributed by atoms with Crippen LogP contribution in [0.2, 0.25) is 0 Å². The van der Waals surface area contributed by atoms with Crippen LogP contribution in [0.4, 0.5) is 4.79 Å². The minimum Gasteiger partial charge on any atom is -0.444 e. The summed E-state index contributed by atoms with van der Waals surface area (Å²) in [5.41, 5.74) is -0.367. The summed E-state index contributed by atoms with van der Waals surface area (Å²) in [6, 6.07) is 0. The molecule has 0 aliphatic carbocycles. The number of carbonyl (C=O) groups is 1. The molecule has 1 saturated heterocycles. The fourth-order valence-corrected chi connectivity index (χ4v) is 1.40. The number of carbonyl (C=O) groups excluding carboxylic acids is 1. The van der Waals surface area contributed by atoms with E-state index < -0.39 is 0 Å². The summed E-state index contributed by atoms with van der Waals surface area (Å²) in [6.07, 6.45) is 3.30. The maximum absolute atomic E-state index is 11.5. The highest BCUT2D eigenvalue weighted by atomic mass is 16.6. The van der Waals surface area contributed by atoms with Crippen LogP contribution < -0.4 is 0 Å². The average molecular weight is 231 g/mol. The van der Waals surface area contributed by atoms with Gasteiger partial charge in [0.05, 0.1) is 0 Å². The molecule has 1 heterocycles. The van der Waals surface area contributed by atoms with Crippen molar-refractivity contribution in [2.45, 2.75) is 66.9 Å². The zero-order valence-corrected chi connectivity index (χ0v) is 10.8. The summed E-state index contributed by atoms with van der Waals surface area (Å²) >= 11 is 0. The second kappa shape index (κ2) is 8.43. The van der Waals surface area contributed by atoms with E-state index in [2.05, 4.69) is 0 Å². The van der Waals surface area contributed by atoms with E-state index in [1.807, 2.05) is 34.6 Å². The SMILES string of the molecule is C.CC.CC(C)(C)OC(=O)N1CCCCC1. The quantitative estimate of drug-likeness (QED) is 0.629. The second-order valence-electron chi connectivity index (χ2n) is 4.53. The van der Waals surface area contributed by atoms with Crippen molar-refractivity contribution in [3.63, 3.8) is 0 Å². The first-order valence-corrected chi connectivity index (χ1v) is 5.97. The van der Waals surface area contributed by atoms with Crippen LogP contribution in [0.1, 0.15) is 61.3 Å². The van der Waals surface area contributed by atoms with Gasteiger partial charge in [0, 0.05) is 13.1 Å². The van der Waals surface area contributed by atoms with Crippen LogP contribution in [-0.4, -0.2) is 29.7 Å². The molecular weight excluding hydrogens is 202 g/mol. The van der Waals surface area contributed by atoms with Gasteiger partial charge in [-0.3, -0.25) is 0 Å². The van der Waals surface area contributed by atoms with Gasteiger partial charge >= 0.3 is 6.09 Å². The van der Waals surface area contributed by atoms with Gasteiger partial charge in [-0.1, -0.05) is 21.3 Å². The molecule has 0 radical (unpaired) electrons. The van der Waals surface area contributed by atoms with Crippen molar-refractivity contribution in [1.82, 2.24) is 4.90 Å². The van der Waals surface area contributed by atoms with Gasteiger partial charge in [-0.2, -0.15) is 0 Å². The Labute approximate surface area is 101 Å². The molecule has 0 atom stereocenters. The molecule has 0 spiro atoms. The van der Waals surface area contributed by atoms with Gasteiger partial charge < -0.3 is 9.64 Å². The summed E-state index contributed by atoms with van der Waals surface area (Å²) in [7, 11) is 0. The monoisotopic (exact) mass is 231 g/mol. The van der Waals surface area contributed by atoms with E-state index in [0.29, 0.717) is 0 Å². The normalized spacial score (nSPS) is 15.4. The molecule has 0 saturated carbocycles. The van der Waals surface area contributed by atoms with Crippen LogP contribution in [0.25, 0.3) is 0 Å². The van der Waals surface area contributed by atoms with Crippen LogP contribution in [0, 0.1) is 0 Å². The molecule has 0 aromatic heterocycles. The third-order valence-electron chi connectivity index (χ3n) is 2.01. The molecule has 1 aliphatic rings. The zero-order chi connectivity index (χ0) is 11.9. The highest BCUT2D eigenvalue weighted by molar-refractivity contribution is 5.68. The Morgan fingerprint density at radius 2 is 1.50 bits per heavy atom. The molecule has 1 aliphatic heterocycles. The predicted octanol–water partition coefficient (Wildman–Crippen LogP) is 4.07. The Morgan fingerprint density at radius 3 is 1.88 bits per heavy atom. The van der Waals surface area contributed by atoms with Crippen molar-refractivity contribution in [2.75, 3.05) is 13.1 Å². The fourth-order valence-electron chi connectivity index (χ4n) is 1.40. The Balaban J connectivity index is 0. The number of nitrogens with zero attached hydrogens (tertiary/aromatic N) is 1. The largest absolute Gasteiger partial charge is 0.444 e. The van der Waals surface area contributed by atoms with Crippen molar-refractivity contribution in [3.05, 3.63) is 0 Å². The third-order valence-corrected chi connectivity index (χ3v) is 2.01. The molecule has 98 valence electrons. The van der Waals surface area contributed by atoms with Crippen LogP contribution in [-0.2, 0) is 4.74 Å². The second-order valence-corrected chi connectivity index (χ2v) is 4.53. The molecule has 1 rings (SSSR count). The van der Waals surface area contributed by atoms with Crippen molar-refractivity contribution >= 4 is 6.09 Å². The number of hydrogen-bond donors (Lipinski definition) is 0. The molecule has 0 bridgehead atoms. The molecule has 1 amide bonds. The van der Waals surface area contributed by atoms with Crippen molar-refractivity contribution in [1.29, 1.82) is 0 Å². The molecule has 0 N–H and O–H groups in total. The lowest BCUT2D eigenvalue weighted by Crippen LogP contribution is -2.39. The highest BCUT2D eigenvalue weighted by Gasteiger charge is 2.22. The highest BCUT2D eigenvalue weighted by Crippen LogP contribution is 2.14. The van der Waals surface area contributed by atoms with E-state index in [0.717, 1.165) is 25.9 Å². The van der Waals surface area contributed by atoms with E-state index in [1.54, 1.807) is 4.90 Å². The number of hydrogen-bond acceptors (Lipinski definition) is 2. The van der Waals surface area contributed by atoms with Crippen molar-refractivity contribution in [3.8, 4) is 0 Å². The van der Waals surface area contributed by atoms with Gasteiger partial charge in [0.1, 0.15) is 5.60 Å². The summed E-state index contributed by atoms with van der Waals surface area (Å²) in [5.74, 6) is 0. The Hall–Kier alpha value is -0.730. The summed E-state index contributed by atoms with van der Waals surface area (Å²) in [5, 5.41) is 0. The summed E-state index contributed by atoms with van der Waals surface area (Å²) in [6.45, 7) is 11.4. The van der Waals surface area contributed by atoms with Crippen LogP contribution in [0.15, 0.2) is 0 Å². The summed E-state index contributed by atoms with van der Waals surface area (Å²) in [4.78, 5) is 13.3. The first-order valence-electron chi connectivity index (χ1n) is 5.97. The molecule has 3 heteroatoms. The van der Waals surface area contributed by atoms with Crippen molar-refractivity contribution < 1.29 is 9.53 Å². The molecular formula is C13H29NO2. The summed E-state index contributed by atoms with van der Waals surface area (Å²) < 4.78 is 5.26. The lowest BCUT2D eigenvalue weighted by atomic mass is 10.1. The Morgan fingerprint density at radius 1 is 1.06 bits per heavy atom. The third kappa shape index (κ3) is 7.55. The molecule has 0 unspecified atom stereocenters. The smallest absolute Gasteiger partial charge is 0.410 e. The molecule has 1 fully saturated rings. The van der Waals surface area contributed by atoms with Crippen molar-refractivity contribution in [2.24, 2.45) is 0 Å². The minimum atomic E-state index is -0.367. The average Bonchev–Trinajstić information content (AvgIpc) is 2.20. The van der Waals surface area contributed by atoms with E-state index in [9.17, 15) is 4.79 Å². The topological polar surface area (TPSA) is 29.5 Å². The van der Waals surface area contributed by atoms with E-state index in [-0.39, 0.29) is 19.1 Å². The maximum Gasteiger partial charge on any atom is 0.410 e. The number of rotatable bonds is 0. The van der Waals surface area contributed by atoms with Gasteiger partial charge in [-0.15, -0.1) is 0 Å². The molecule has 3 nitrogen and oxygen atoms in total. The van der Waals surface area contributed by atoms with E-state index in [1.165, 1.54) is 6.42 Å². The zero-order valence-electron chi connectivity index (χ0n) is 10.8. The van der Waals surface area contributed by atoms with E-state index in [4.69, 9.17) is 4.74 Å². The van der Waals surface area contributed by atoms with Gasteiger partial charge in [0.15, 0.2) is 0 Å². The predicted molar refractivity (Wildman–Crippen MR) is 69.7 cm³/mol. The lowest BCUT2D eigenvalue weighted by molar-refractivity contribution is 0.0216. The van der Waals surface area contributed by atoms with Crippen LogP contribution in [0.5, 0.6) is 0 Å². The first kappa shape index (κ1) is 17.7. The Bertz CT molecular complexity index is 179. The molecule has 0 aromatic rings. The maximum atomic E-state index is 11.5. The molecule has 16 heavy (non-hydrogen) atoms. The number of likely N-dealkylation sites (tertiary alicyclic amines) is 1. The van der Waals surface area contributed by atoms with E-state index >= 15 is 0 Å².